The molecule has 1 atom stereocenters. The minimum atomic E-state index is 0.0543. The summed E-state index contributed by atoms with van der Waals surface area (Å²) in [4.78, 5) is 20.1. The molecule has 4 heteroatoms. The van der Waals surface area contributed by atoms with Crippen LogP contribution in [0.15, 0.2) is 46.3 Å². The molecule has 1 unspecified atom stereocenters. The minimum Gasteiger partial charge on any atom is -0.301 e. The summed E-state index contributed by atoms with van der Waals surface area (Å²) in [7, 11) is 0. The lowest BCUT2D eigenvalue weighted by atomic mass is 9.62. The second kappa shape index (κ2) is 5.46. The van der Waals surface area contributed by atoms with Crippen molar-refractivity contribution >= 4 is 22.5 Å². The quantitative estimate of drug-likeness (QED) is 0.534. The number of aryl methyl sites for hydroxylation is 1. The van der Waals surface area contributed by atoms with E-state index in [1.54, 1.807) is 0 Å². The van der Waals surface area contributed by atoms with E-state index in [1.807, 2.05) is 6.26 Å². The number of rotatable bonds is 1. The first-order valence-electron chi connectivity index (χ1n) is 8.87. The Kier molecular flexibility index (Phi) is 3.32. The van der Waals surface area contributed by atoms with Crippen molar-refractivity contribution in [3.05, 3.63) is 69.1 Å². The van der Waals surface area contributed by atoms with Crippen LogP contribution >= 0.6 is 11.8 Å². The van der Waals surface area contributed by atoms with Gasteiger partial charge in [0, 0.05) is 11.0 Å². The maximum absolute atomic E-state index is 12.4. The average Bonchev–Trinajstić information content (AvgIpc) is 2.65. The van der Waals surface area contributed by atoms with Gasteiger partial charge in [-0.2, -0.15) is 0 Å². The van der Waals surface area contributed by atoms with Gasteiger partial charge >= 0.3 is 0 Å². The monoisotopic (exact) mass is 348 g/mol. The Morgan fingerprint density at radius 3 is 2.76 bits per heavy atom. The van der Waals surface area contributed by atoms with Crippen LogP contribution < -0.4 is 5.56 Å². The second-order valence-electron chi connectivity index (χ2n) is 7.28. The fourth-order valence-electron chi connectivity index (χ4n) is 4.82. The van der Waals surface area contributed by atoms with Gasteiger partial charge in [-0.05, 0) is 60.3 Å². The first kappa shape index (κ1) is 15.2. The molecule has 0 aliphatic heterocycles. The van der Waals surface area contributed by atoms with E-state index < -0.39 is 0 Å². The highest BCUT2D eigenvalue weighted by atomic mass is 32.2. The maximum Gasteiger partial charge on any atom is 0.254 e. The highest BCUT2D eigenvalue weighted by molar-refractivity contribution is 7.98. The average molecular weight is 348 g/mol. The molecule has 2 aliphatic rings. The summed E-state index contributed by atoms with van der Waals surface area (Å²) in [5.41, 5.74) is 5.01. The number of hydrogen-bond donors (Lipinski definition) is 1. The highest BCUT2D eigenvalue weighted by Gasteiger charge is 2.40. The molecule has 1 spiro atoms. The molecule has 0 saturated heterocycles. The lowest BCUT2D eigenvalue weighted by Crippen LogP contribution is -2.39. The molecular weight excluding hydrogens is 328 g/mol. The van der Waals surface area contributed by atoms with Crippen molar-refractivity contribution < 1.29 is 0 Å². The number of benzene rings is 2. The van der Waals surface area contributed by atoms with Crippen LogP contribution in [0.4, 0.5) is 0 Å². The SMILES string of the molecule is CSc1nc2c(c(=O)[nH]1)CCC1(CCc3cccc4cccc1c34)C2. The largest absolute Gasteiger partial charge is 0.301 e. The molecule has 0 bridgehead atoms. The molecule has 1 aromatic heterocycles. The third kappa shape index (κ3) is 2.20. The Hall–Kier alpha value is -2.07. The molecule has 5 rings (SSSR count). The van der Waals surface area contributed by atoms with Crippen molar-refractivity contribution in [1.29, 1.82) is 0 Å². The van der Waals surface area contributed by atoms with Gasteiger partial charge in [0.1, 0.15) is 0 Å². The van der Waals surface area contributed by atoms with Crippen molar-refractivity contribution in [2.24, 2.45) is 0 Å². The molecule has 2 aromatic carbocycles. The predicted octanol–water partition coefficient (Wildman–Crippen LogP) is 4.02. The van der Waals surface area contributed by atoms with Gasteiger partial charge in [-0.3, -0.25) is 4.79 Å². The fraction of sp³-hybridized carbons (Fsp3) is 0.333. The number of nitrogens with zero attached hydrogens (tertiary/aromatic N) is 1. The molecule has 0 saturated carbocycles. The zero-order valence-corrected chi connectivity index (χ0v) is 15.1. The smallest absolute Gasteiger partial charge is 0.254 e. The predicted molar refractivity (Wildman–Crippen MR) is 103 cm³/mol. The standard InChI is InChI=1S/C21H20N2OS/c1-25-20-22-17-12-21(11-9-15(17)19(24)23-20)10-8-14-5-2-4-13-6-3-7-16(21)18(13)14/h2-7H,8-12H2,1H3,(H,22,23,24). The summed E-state index contributed by atoms with van der Waals surface area (Å²) in [6.07, 6.45) is 6.96. The van der Waals surface area contributed by atoms with Crippen LogP contribution in [-0.4, -0.2) is 16.2 Å². The summed E-state index contributed by atoms with van der Waals surface area (Å²) in [6.45, 7) is 0. The summed E-state index contributed by atoms with van der Waals surface area (Å²) < 4.78 is 0. The lowest BCUT2D eigenvalue weighted by molar-refractivity contribution is 0.333. The van der Waals surface area contributed by atoms with Gasteiger partial charge in [-0.15, -0.1) is 0 Å². The van der Waals surface area contributed by atoms with E-state index in [0.29, 0.717) is 0 Å². The van der Waals surface area contributed by atoms with E-state index in [-0.39, 0.29) is 11.0 Å². The Morgan fingerprint density at radius 1 is 1.12 bits per heavy atom. The molecule has 2 aliphatic carbocycles. The van der Waals surface area contributed by atoms with E-state index in [9.17, 15) is 4.79 Å². The van der Waals surface area contributed by atoms with Gasteiger partial charge in [0.2, 0.25) is 0 Å². The third-order valence-corrected chi connectivity index (χ3v) is 6.65. The zero-order valence-electron chi connectivity index (χ0n) is 14.3. The molecule has 1 N–H and O–H groups in total. The Balaban J connectivity index is 1.71. The lowest BCUT2D eigenvalue weighted by Gasteiger charge is -2.42. The fourth-order valence-corrected chi connectivity index (χ4v) is 5.21. The van der Waals surface area contributed by atoms with E-state index in [1.165, 1.54) is 33.7 Å². The van der Waals surface area contributed by atoms with Gasteiger partial charge in [0.05, 0.1) is 5.69 Å². The van der Waals surface area contributed by atoms with Crippen LogP contribution in [0.3, 0.4) is 0 Å². The van der Waals surface area contributed by atoms with Gasteiger partial charge in [-0.1, -0.05) is 48.2 Å². The van der Waals surface area contributed by atoms with E-state index >= 15 is 0 Å². The van der Waals surface area contributed by atoms with Crippen molar-refractivity contribution in [3.63, 3.8) is 0 Å². The van der Waals surface area contributed by atoms with Crippen LogP contribution in [0.2, 0.25) is 0 Å². The Bertz CT molecular complexity index is 1050. The zero-order chi connectivity index (χ0) is 17.0. The molecule has 1 heterocycles. The van der Waals surface area contributed by atoms with Gasteiger partial charge in [-0.25, -0.2) is 4.98 Å². The molecule has 3 nitrogen and oxygen atoms in total. The number of nitrogens with one attached hydrogen (secondary N) is 1. The number of H-pyrrole nitrogens is 1. The minimum absolute atomic E-state index is 0.0543. The van der Waals surface area contributed by atoms with Gasteiger partial charge < -0.3 is 4.98 Å². The number of thioether (sulfide) groups is 1. The molecular formula is C21H20N2OS. The molecule has 0 amide bonds. The molecule has 126 valence electrons. The molecule has 3 aromatic rings. The first-order chi connectivity index (χ1) is 12.2. The van der Waals surface area contributed by atoms with Crippen molar-refractivity contribution in [1.82, 2.24) is 9.97 Å². The normalized spacial score (nSPS) is 21.5. The van der Waals surface area contributed by atoms with Crippen molar-refractivity contribution in [2.75, 3.05) is 6.26 Å². The van der Waals surface area contributed by atoms with Crippen LogP contribution in [0, 0.1) is 0 Å². The van der Waals surface area contributed by atoms with E-state index in [2.05, 4.69) is 41.4 Å². The number of fused-ring (bicyclic) bond motifs is 2. The van der Waals surface area contributed by atoms with Crippen LogP contribution in [0.25, 0.3) is 10.8 Å². The van der Waals surface area contributed by atoms with Crippen molar-refractivity contribution in [2.45, 2.75) is 42.7 Å². The summed E-state index contributed by atoms with van der Waals surface area (Å²) >= 11 is 1.51. The summed E-state index contributed by atoms with van der Waals surface area (Å²) in [5.74, 6) is 0. The molecule has 25 heavy (non-hydrogen) atoms. The first-order valence-corrected chi connectivity index (χ1v) is 10.1. The van der Waals surface area contributed by atoms with Crippen LogP contribution in [0.1, 0.15) is 35.2 Å². The molecule has 0 radical (unpaired) electrons. The van der Waals surface area contributed by atoms with Crippen LogP contribution in [-0.2, 0) is 24.7 Å². The van der Waals surface area contributed by atoms with E-state index in [0.717, 1.165) is 48.5 Å². The highest BCUT2D eigenvalue weighted by Crippen LogP contribution is 2.47. The molecule has 0 fully saturated rings. The topological polar surface area (TPSA) is 45.8 Å². The second-order valence-corrected chi connectivity index (χ2v) is 8.07. The number of aromatic amines is 1. The van der Waals surface area contributed by atoms with E-state index in [4.69, 9.17) is 4.98 Å². The van der Waals surface area contributed by atoms with Crippen LogP contribution in [0.5, 0.6) is 0 Å². The third-order valence-electron chi connectivity index (χ3n) is 6.07. The number of hydrogen-bond acceptors (Lipinski definition) is 3. The maximum atomic E-state index is 12.4. The summed E-state index contributed by atoms with van der Waals surface area (Å²) in [5, 5.41) is 3.51. The summed E-state index contributed by atoms with van der Waals surface area (Å²) in [6, 6.07) is 13.4. The van der Waals surface area contributed by atoms with Crippen molar-refractivity contribution in [3.8, 4) is 0 Å². The Labute approximate surface area is 150 Å². The van der Waals surface area contributed by atoms with Gasteiger partial charge in [0.15, 0.2) is 5.16 Å². The number of aromatic nitrogens is 2. The van der Waals surface area contributed by atoms with Gasteiger partial charge in [0.25, 0.3) is 5.56 Å². The Morgan fingerprint density at radius 2 is 1.92 bits per heavy atom.